The van der Waals surface area contributed by atoms with Crippen LogP contribution < -0.4 is 10.2 Å². The lowest BCUT2D eigenvalue weighted by molar-refractivity contribution is 0.0951. The number of nitrogens with zero attached hydrogens (tertiary/aromatic N) is 1. The van der Waals surface area contributed by atoms with Crippen molar-refractivity contribution >= 4 is 23.7 Å². The van der Waals surface area contributed by atoms with Gasteiger partial charge in [0.1, 0.15) is 18.2 Å². The van der Waals surface area contributed by atoms with Crippen molar-refractivity contribution in [2.75, 3.05) is 0 Å². The van der Waals surface area contributed by atoms with Crippen molar-refractivity contribution in [1.82, 2.24) is 5.43 Å². The molecule has 3 aromatic carbocycles. The first-order valence-corrected chi connectivity index (χ1v) is 8.55. The van der Waals surface area contributed by atoms with Crippen LogP contribution in [0.4, 0.5) is 4.39 Å². The molecule has 4 nitrogen and oxygen atoms in total. The summed E-state index contributed by atoms with van der Waals surface area (Å²) in [5, 5.41) is 4.54. The second-order valence-corrected chi connectivity index (χ2v) is 6.10. The molecule has 0 fully saturated rings. The van der Waals surface area contributed by atoms with Gasteiger partial charge >= 0.3 is 0 Å². The van der Waals surface area contributed by atoms with Gasteiger partial charge in [-0.15, -0.1) is 0 Å². The molecule has 0 aliphatic carbocycles. The lowest BCUT2D eigenvalue weighted by atomic mass is 10.2. The summed E-state index contributed by atoms with van der Waals surface area (Å²) in [5.41, 5.74) is 3.98. The van der Waals surface area contributed by atoms with Crippen molar-refractivity contribution in [2.24, 2.45) is 5.10 Å². The zero-order chi connectivity index (χ0) is 19.1. The van der Waals surface area contributed by atoms with Crippen LogP contribution in [-0.2, 0) is 6.61 Å². The molecule has 1 amide bonds. The first-order chi connectivity index (χ1) is 13.1. The van der Waals surface area contributed by atoms with Gasteiger partial charge in [0.15, 0.2) is 0 Å². The quantitative estimate of drug-likeness (QED) is 0.490. The van der Waals surface area contributed by atoms with Gasteiger partial charge in [-0.05, 0) is 47.5 Å². The molecular weight excluding hydrogens is 367 g/mol. The number of hydrogen-bond donors (Lipinski definition) is 1. The fourth-order valence-corrected chi connectivity index (χ4v) is 2.43. The number of amides is 1. The van der Waals surface area contributed by atoms with E-state index in [4.69, 9.17) is 16.3 Å². The maximum Gasteiger partial charge on any atom is 0.274 e. The molecule has 0 saturated carbocycles. The Labute approximate surface area is 161 Å². The molecule has 136 valence electrons. The van der Waals surface area contributed by atoms with E-state index in [0.29, 0.717) is 17.4 Å². The zero-order valence-electron chi connectivity index (χ0n) is 14.2. The number of carbonyl (C=O) groups is 1. The van der Waals surface area contributed by atoms with Gasteiger partial charge in [0, 0.05) is 5.02 Å². The Morgan fingerprint density at radius 2 is 1.85 bits per heavy atom. The van der Waals surface area contributed by atoms with E-state index < -0.39 is 11.7 Å². The van der Waals surface area contributed by atoms with Gasteiger partial charge in [0.2, 0.25) is 0 Å². The SMILES string of the molecule is O=C(N/N=C\c1cccc(OCc2ccc(Cl)cc2)c1)c1ccccc1F. The van der Waals surface area contributed by atoms with E-state index in [-0.39, 0.29) is 5.56 Å². The van der Waals surface area contributed by atoms with Crippen molar-refractivity contribution in [3.63, 3.8) is 0 Å². The van der Waals surface area contributed by atoms with Crippen LogP contribution in [0, 0.1) is 5.82 Å². The average Bonchev–Trinajstić information content (AvgIpc) is 2.68. The lowest BCUT2D eigenvalue weighted by Gasteiger charge is -2.07. The number of rotatable bonds is 6. The molecule has 0 bridgehead atoms. The van der Waals surface area contributed by atoms with Crippen LogP contribution in [0.5, 0.6) is 5.75 Å². The Morgan fingerprint density at radius 1 is 1.07 bits per heavy atom. The van der Waals surface area contributed by atoms with E-state index >= 15 is 0 Å². The van der Waals surface area contributed by atoms with Crippen LogP contribution in [0.2, 0.25) is 5.02 Å². The van der Waals surface area contributed by atoms with Gasteiger partial charge in [0.25, 0.3) is 5.91 Å². The fraction of sp³-hybridized carbons (Fsp3) is 0.0476. The molecule has 0 aliphatic heterocycles. The smallest absolute Gasteiger partial charge is 0.274 e. The molecule has 0 spiro atoms. The number of hydrogen-bond acceptors (Lipinski definition) is 3. The highest BCUT2D eigenvalue weighted by Crippen LogP contribution is 2.16. The number of nitrogens with one attached hydrogen (secondary N) is 1. The summed E-state index contributed by atoms with van der Waals surface area (Å²) >= 11 is 5.86. The molecule has 0 atom stereocenters. The first kappa shape index (κ1) is 18.6. The molecule has 0 heterocycles. The summed E-state index contributed by atoms with van der Waals surface area (Å²) in [6.07, 6.45) is 1.47. The Hall–Kier alpha value is -3.18. The van der Waals surface area contributed by atoms with Gasteiger partial charge in [-0.2, -0.15) is 5.10 Å². The predicted molar refractivity (Wildman–Crippen MR) is 104 cm³/mol. The van der Waals surface area contributed by atoms with Crippen LogP contribution in [0.3, 0.4) is 0 Å². The minimum atomic E-state index is -0.612. The maximum atomic E-state index is 13.6. The van der Waals surface area contributed by atoms with Crippen molar-refractivity contribution in [2.45, 2.75) is 6.61 Å². The van der Waals surface area contributed by atoms with E-state index in [2.05, 4.69) is 10.5 Å². The molecule has 0 radical (unpaired) electrons. The number of halogens is 2. The van der Waals surface area contributed by atoms with Gasteiger partial charge < -0.3 is 4.74 Å². The predicted octanol–water partition coefficient (Wildman–Crippen LogP) is 4.82. The van der Waals surface area contributed by atoms with Crippen molar-refractivity contribution in [1.29, 1.82) is 0 Å². The molecule has 0 unspecified atom stereocenters. The molecule has 3 aromatic rings. The van der Waals surface area contributed by atoms with Crippen LogP contribution >= 0.6 is 11.6 Å². The zero-order valence-corrected chi connectivity index (χ0v) is 15.0. The molecule has 0 saturated heterocycles. The van der Waals surface area contributed by atoms with Gasteiger partial charge in [0.05, 0.1) is 11.8 Å². The maximum absolute atomic E-state index is 13.6. The lowest BCUT2D eigenvalue weighted by Crippen LogP contribution is -2.18. The van der Waals surface area contributed by atoms with Crippen LogP contribution in [0.1, 0.15) is 21.5 Å². The van der Waals surface area contributed by atoms with Gasteiger partial charge in [-0.25, -0.2) is 9.82 Å². The minimum absolute atomic E-state index is 0.0605. The normalized spacial score (nSPS) is 10.7. The summed E-state index contributed by atoms with van der Waals surface area (Å²) in [6.45, 7) is 0.405. The van der Waals surface area contributed by atoms with E-state index in [1.165, 1.54) is 24.4 Å². The first-order valence-electron chi connectivity index (χ1n) is 8.17. The van der Waals surface area contributed by atoms with Crippen LogP contribution in [0.25, 0.3) is 0 Å². The van der Waals surface area contributed by atoms with Gasteiger partial charge in [-0.3, -0.25) is 4.79 Å². The Morgan fingerprint density at radius 3 is 2.63 bits per heavy atom. The highest BCUT2D eigenvalue weighted by atomic mass is 35.5. The Balaban J connectivity index is 1.58. The molecular formula is C21H16ClFN2O2. The molecule has 0 aliphatic rings. The number of ether oxygens (including phenoxy) is 1. The van der Waals surface area contributed by atoms with Crippen LogP contribution in [0.15, 0.2) is 77.9 Å². The third kappa shape index (κ3) is 5.39. The fourth-order valence-electron chi connectivity index (χ4n) is 2.30. The summed E-state index contributed by atoms with van der Waals surface area (Å²) < 4.78 is 19.3. The highest BCUT2D eigenvalue weighted by Gasteiger charge is 2.09. The van der Waals surface area contributed by atoms with E-state index in [9.17, 15) is 9.18 Å². The highest BCUT2D eigenvalue weighted by molar-refractivity contribution is 6.30. The minimum Gasteiger partial charge on any atom is -0.489 e. The van der Waals surface area contributed by atoms with Crippen molar-refractivity contribution in [3.8, 4) is 5.75 Å². The number of hydrazone groups is 1. The number of carbonyl (C=O) groups excluding carboxylic acids is 1. The van der Waals surface area contributed by atoms with E-state index in [0.717, 1.165) is 11.1 Å². The Kier molecular flexibility index (Phi) is 6.18. The molecule has 0 aromatic heterocycles. The summed E-state index contributed by atoms with van der Waals surface area (Å²) in [7, 11) is 0. The van der Waals surface area contributed by atoms with Crippen molar-refractivity contribution < 1.29 is 13.9 Å². The molecule has 6 heteroatoms. The summed E-state index contributed by atoms with van der Waals surface area (Å²) in [5.74, 6) is -0.545. The van der Waals surface area contributed by atoms with Crippen molar-refractivity contribution in [3.05, 3.63) is 100 Å². The van der Waals surface area contributed by atoms with E-state index in [1.54, 1.807) is 12.1 Å². The van der Waals surface area contributed by atoms with Crippen LogP contribution in [-0.4, -0.2) is 12.1 Å². The topological polar surface area (TPSA) is 50.7 Å². The Bertz CT molecular complexity index is 958. The summed E-state index contributed by atoms with van der Waals surface area (Å²) in [6, 6.07) is 20.4. The monoisotopic (exact) mass is 382 g/mol. The molecule has 27 heavy (non-hydrogen) atoms. The van der Waals surface area contributed by atoms with E-state index in [1.807, 2.05) is 42.5 Å². The average molecular weight is 383 g/mol. The number of benzene rings is 3. The largest absolute Gasteiger partial charge is 0.489 e. The standard InChI is InChI=1S/C21H16ClFN2O2/c22-17-10-8-15(9-11-17)14-27-18-5-3-4-16(12-18)13-24-25-21(26)19-6-1-2-7-20(19)23/h1-13H,14H2,(H,25,26)/b24-13-. The molecule has 1 N–H and O–H groups in total. The third-order valence-electron chi connectivity index (χ3n) is 3.68. The second-order valence-electron chi connectivity index (χ2n) is 5.67. The van der Waals surface area contributed by atoms with Gasteiger partial charge in [-0.1, -0.05) is 48.0 Å². The second kappa shape index (κ2) is 8.96. The third-order valence-corrected chi connectivity index (χ3v) is 3.93. The molecule has 3 rings (SSSR count). The summed E-state index contributed by atoms with van der Waals surface area (Å²) in [4.78, 5) is 11.9.